The molecule has 1 aliphatic carbocycles. The molecular formula is C33H39N5O6S. The van der Waals surface area contributed by atoms with E-state index in [4.69, 9.17) is 14.2 Å². The lowest BCUT2D eigenvalue weighted by Crippen LogP contribution is -2.50. The second kappa shape index (κ2) is 12.1. The zero-order valence-electron chi connectivity index (χ0n) is 25.6. The Morgan fingerprint density at radius 3 is 2.64 bits per heavy atom. The highest BCUT2D eigenvalue weighted by Crippen LogP contribution is 2.49. The van der Waals surface area contributed by atoms with Gasteiger partial charge in [0.15, 0.2) is 9.84 Å². The Balaban J connectivity index is 1.01. The molecule has 12 heteroatoms. The number of sulfone groups is 1. The number of carbonyl (C=O) groups excluding carboxylic acids is 1. The number of aromatic nitrogens is 2. The molecule has 0 spiro atoms. The van der Waals surface area contributed by atoms with Crippen molar-refractivity contribution in [1.29, 1.82) is 0 Å². The van der Waals surface area contributed by atoms with Crippen LogP contribution in [-0.4, -0.2) is 79.8 Å². The van der Waals surface area contributed by atoms with Crippen LogP contribution in [0.25, 0.3) is 0 Å². The van der Waals surface area contributed by atoms with Gasteiger partial charge in [-0.05, 0) is 61.3 Å². The summed E-state index contributed by atoms with van der Waals surface area (Å²) in [5.74, 6) is 3.15. The number of morpholine rings is 1. The average Bonchev–Trinajstić information content (AvgIpc) is 3.16. The summed E-state index contributed by atoms with van der Waals surface area (Å²) in [5.41, 5.74) is 4.95. The molecule has 3 aromatic rings. The maximum Gasteiger partial charge on any atom is 0.410 e. The Kier molecular flexibility index (Phi) is 8.03. The van der Waals surface area contributed by atoms with E-state index >= 15 is 0 Å². The predicted molar refractivity (Wildman–Crippen MR) is 170 cm³/mol. The van der Waals surface area contributed by atoms with Crippen molar-refractivity contribution in [2.24, 2.45) is 5.92 Å². The van der Waals surface area contributed by atoms with E-state index in [-0.39, 0.29) is 36.4 Å². The molecule has 2 saturated heterocycles. The zero-order valence-corrected chi connectivity index (χ0v) is 26.5. The number of fused-ring (bicyclic) bond motifs is 2. The van der Waals surface area contributed by atoms with Crippen molar-refractivity contribution in [1.82, 2.24) is 14.9 Å². The summed E-state index contributed by atoms with van der Waals surface area (Å²) in [5, 5.41) is 3.53. The maximum atomic E-state index is 12.8. The first-order chi connectivity index (χ1) is 21.7. The molecule has 4 aliphatic rings. The summed E-state index contributed by atoms with van der Waals surface area (Å²) in [7, 11) is -3.02. The number of hydrogen-bond acceptors (Lipinski definition) is 10. The van der Waals surface area contributed by atoms with E-state index in [1.807, 2.05) is 42.2 Å². The van der Waals surface area contributed by atoms with Gasteiger partial charge in [-0.3, -0.25) is 0 Å². The van der Waals surface area contributed by atoms with Gasteiger partial charge in [-0.1, -0.05) is 36.4 Å². The van der Waals surface area contributed by atoms with Crippen molar-refractivity contribution in [2.75, 3.05) is 54.5 Å². The molecule has 0 radical (unpaired) electrons. The molecule has 2 atom stereocenters. The van der Waals surface area contributed by atoms with Gasteiger partial charge in [0.05, 0.1) is 42.0 Å². The van der Waals surface area contributed by atoms with Gasteiger partial charge in [-0.25, -0.2) is 23.2 Å². The van der Waals surface area contributed by atoms with Crippen LogP contribution < -0.4 is 15.0 Å². The summed E-state index contributed by atoms with van der Waals surface area (Å²) in [6.45, 7) is 6.71. The van der Waals surface area contributed by atoms with Crippen LogP contribution in [0.5, 0.6) is 5.75 Å². The van der Waals surface area contributed by atoms with Crippen LogP contribution in [0.15, 0.2) is 48.8 Å². The summed E-state index contributed by atoms with van der Waals surface area (Å²) in [4.78, 5) is 25.7. The molecule has 1 unspecified atom stereocenters. The van der Waals surface area contributed by atoms with Crippen molar-refractivity contribution in [3.8, 4) is 5.75 Å². The number of nitrogens with zero attached hydrogens (tertiary/aromatic N) is 4. The standard InChI is InChI=1S/C33H39N5O6S/c1-21-14-24(25-15-26(16-25)28-18-38(8-11-42-28)33(39)43-19-23-6-4-3-5-7-23)17-27-30(21)44-22(2)29-31(36-27)34-20-35-32(29)37-9-12-45(40,41)13-10-37/h3-7,14,17,20,22,25-26,28H,8-13,15-16,18-19H2,1-2H3,(H,34,35,36)/t22-,25?,26?,28?/m1/s1. The quantitative estimate of drug-likeness (QED) is 0.421. The van der Waals surface area contributed by atoms with Crippen LogP contribution in [0, 0.1) is 12.8 Å². The number of amides is 1. The second-order valence-electron chi connectivity index (χ2n) is 12.5. The molecule has 11 nitrogen and oxygen atoms in total. The van der Waals surface area contributed by atoms with Gasteiger partial charge < -0.3 is 29.3 Å². The van der Waals surface area contributed by atoms with Crippen LogP contribution in [0.1, 0.15) is 54.0 Å². The zero-order chi connectivity index (χ0) is 31.1. The molecule has 238 valence electrons. The number of aryl methyl sites for hydroxylation is 1. The number of carbonyl (C=O) groups is 1. The molecule has 4 heterocycles. The van der Waals surface area contributed by atoms with E-state index in [0.717, 1.165) is 41.0 Å². The van der Waals surface area contributed by atoms with E-state index in [1.54, 1.807) is 4.90 Å². The number of hydrogen-bond donors (Lipinski definition) is 1. The molecule has 1 saturated carbocycles. The fourth-order valence-corrected chi connectivity index (χ4v) is 8.06. The van der Waals surface area contributed by atoms with Crippen LogP contribution in [0.4, 0.5) is 22.1 Å². The third-order valence-corrected chi connectivity index (χ3v) is 11.1. The molecule has 1 aromatic heterocycles. The van der Waals surface area contributed by atoms with Crippen molar-refractivity contribution >= 4 is 33.3 Å². The smallest absolute Gasteiger partial charge is 0.410 e. The van der Waals surface area contributed by atoms with Crippen molar-refractivity contribution in [2.45, 2.75) is 51.4 Å². The number of ether oxygens (including phenoxy) is 3. The van der Waals surface area contributed by atoms with Gasteiger partial charge >= 0.3 is 6.09 Å². The maximum absolute atomic E-state index is 12.8. The fourth-order valence-electron chi connectivity index (χ4n) is 6.86. The van der Waals surface area contributed by atoms with E-state index in [9.17, 15) is 13.2 Å². The Hall–Kier alpha value is -3.90. The minimum absolute atomic E-state index is 0.00437. The van der Waals surface area contributed by atoms with E-state index in [0.29, 0.717) is 56.3 Å². The van der Waals surface area contributed by atoms with Gasteiger partial charge in [0.25, 0.3) is 0 Å². The molecule has 0 bridgehead atoms. The topological polar surface area (TPSA) is 123 Å². The normalized spacial score (nSPS) is 25.5. The molecular weight excluding hydrogens is 594 g/mol. The lowest BCUT2D eigenvalue weighted by atomic mass is 9.68. The van der Waals surface area contributed by atoms with E-state index in [1.165, 1.54) is 11.9 Å². The molecule has 1 N–H and O–H groups in total. The lowest BCUT2D eigenvalue weighted by molar-refractivity contribution is -0.0751. The summed E-state index contributed by atoms with van der Waals surface area (Å²) < 4.78 is 42.3. The predicted octanol–water partition coefficient (Wildman–Crippen LogP) is 4.75. The summed E-state index contributed by atoms with van der Waals surface area (Å²) in [6, 6.07) is 14.1. The number of benzene rings is 2. The molecule has 3 fully saturated rings. The summed E-state index contributed by atoms with van der Waals surface area (Å²) >= 11 is 0. The first-order valence-electron chi connectivity index (χ1n) is 15.7. The Morgan fingerprint density at radius 2 is 1.87 bits per heavy atom. The highest BCUT2D eigenvalue weighted by Gasteiger charge is 2.40. The SMILES string of the molecule is Cc1cc(C2CC(C3CN(C(=O)OCc4ccccc4)CCO3)C2)cc2c1O[C@H](C)c1c(ncnc1N1CCS(=O)(=O)CC1)N2. The highest BCUT2D eigenvalue weighted by molar-refractivity contribution is 7.91. The van der Waals surface area contributed by atoms with Gasteiger partial charge in [0.2, 0.25) is 0 Å². The van der Waals surface area contributed by atoms with Crippen LogP contribution in [0.2, 0.25) is 0 Å². The van der Waals surface area contributed by atoms with Crippen LogP contribution >= 0.6 is 0 Å². The van der Waals surface area contributed by atoms with Crippen molar-refractivity contribution in [3.63, 3.8) is 0 Å². The molecule has 45 heavy (non-hydrogen) atoms. The largest absolute Gasteiger partial charge is 0.483 e. The lowest BCUT2D eigenvalue weighted by Gasteiger charge is -2.44. The number of nitrogens with one attached hydrogen (secondary N) is 1. The number of rotatable bonds is 5. The minimum Gasteiger partial charge on any atom is -0.483 e. The van der Waals surface area contributed by atoms with Gasteiger partial charge in [0, 0.05) is 19.6 Å². The minimum atomic E-state index is -3.02. The Bertz CT molecular complexity index is 1670. The van der Waals surface area contributed by atoms with Gasteiger partial charge in [-0.2, -0.15) is 0 Å². The third-order valence-electron chi connectivity index (χ3n) is 9.49. The van der Waals surface area contributed by atoms with E-state index in [2.05, 4.69) is 34.3 Å². The second-order valence-corrected chi connectivity index (χ2v) is 14.8. The molecule has 7 rings (SSSR count). The fraction of sp³-hybridized carbons (Fsp3) is 0.485. The average molecular weight is 634 g/mol. The van der Waals surface area contributed by atoms with Crippen LogP contribution in [0.3, 0.4) is 0 Å². The Morgan fingerprint density at radius 1 is 1.09 bits per heavy atom. The molecule has 1 amide bonds. The summed E-state index contributed by atoms with van der Waals surface area (Å²) in [6.07, 6.45) is 2.87. The Labute approximate surface area is 263 Å². The first-order valence-corrected chi connectivity index (χ1v) is 17.5. The number of anilines is 3. The molecule has 2 aromatic carbocycles. The highest BCUT2D eigenvalue weighted by atomic mass is 32.2. The monoisotopic (exact) mass is 633 g/mol. The van der Waals surface area contributed by atoms with Crippen molar-refractivity contribution in [3.05, 3.63) is 71.0 Å². The van der Waals surface area contributed by atoms with Crippen molar-refractivity contribution < 1.29 is 27.4 Å². The van der Waals surface area contributed by atoms with Gasteiger partial charge in [0.1, 0.15) is 36.4 Å². The van der Waals surface area contributed by atoms with Gasteiger partial charge in [-0.15, -0.1) is 0 Å². The van der Waals surface area contributed by atoms with Crippen LogP contribution in [-0.2, 0) is 25.9 Å². The van der Waals surface area contributed by atoms with E-state index < -0.39 is 9.84 Å². The first kappa shape index (κ1) is 29.8. The third kappa shape index (κ3) is 6.17. The molecule has 3 aliphatic heterocycles.